The molecule has 5 amide bonds. The van der Waals surface area contributed by atoms with Crippen LogP contribution in [-0.4, -0.2) is 70.6 Å². The van der Waals surface area contributed by atoms with Gasteiger partial charge in [0.25, 0.3) is 11.8 Å². The van der Waals surface area contributed by atoms with Crippen molar-refractivity contribution >= 4 is 52.2 Å². The second kappa shape index (κ2) is 16.2. The van der Waals surface area contributed by atoms with Gasteiger partial charge in [0.05, 0.1) is 18.6 Å². The molecule has 0 saturated carbocycles. The molecule has 0 spiro atoms. The van der Waals surface area contributed by atoms with Crippen LogP contribution < -0.4 is 21.3 Å². The third-order valence-corrected chi connectivity index (χ3v) is 9.05. The van der Waals surface area contributed by atoms with Crippen LogP contribution in [0.15, 0.2) is 41.1 Å². The molecule has 4 bridgehead atoms. The van der Waals surface area contributed by atoms with Crippen molar-refractivity contribution in [1.29, 1.82) is 0 Å². The lowest BCUT2D eigenvalue weighted by molar-refractivity contribution is -0.136. The van der Waals surface area contributed by atoms with Gasteiger partial charge in [0.1, 0.15) is 21.4 Å². The van der Waals surface area contributed by atoms with Crippen LogP contribution in [0.4, 0.5) is 0 Å². The highest BCUT2D eigenvalue weighted by Crippen LogP contribution is 2.27. The predicted octanol–water partition coefficient (Wildman–Crippen LogP) is 3.01. The summed E-state index contributed by atoms with van der Waals surface area (Å²) in [7, 11) is 0. The fourth-order valence-corrected chi connectivity index (χ4v) is 6.67. The molecular weight excluding hydrogens is 615 g/mol. The van der Waals surface area contributed by atoms with Crippen LogP contribution >= 0.6 is 22.7 Å². The van der Waals surface area contributed by atoms with Gasteiger partial charge in [0.2, 0.25) is 17.7 Å². The Hall–Kier alpha value is -4.17. The van der Waals surface area contributed by atoms with Gasteiger partial charge in [0, 0.05) is 43.7 Å². The molecule has 240 valence electrons. The smallest absolute Gasteiger partial charge is 0.271 e. The summed E-state index contributed by atoms with van der Waals surface area (Å²) >= 11 is 2.58. The van der Waals surface area contributed by atoms with Crippen LogP contribution in [0.25, 0.3) is 0 Å². The number of carbonyl (C=O) groups excluding carboxylic acids is 5. The summed E-state index contributed by atoms with van der Waals surface area (Å²) in [6.07, 6.45) is 1.43. The molecule has 4 rings (SSSR count). The molecule has 2 aromatic heterocycles. The van der Waals surface area contributed by atoms with Crippen molar-refractivity contribution in [2.45, 2.75) is 58.5 Å². The fraction of sp³-hybridized carbons (Fsp3) is 0.452. The van der Waals surface area contributed by atoms with Crippen LogP contribution in [0.2, 0.25) is 0 Å². The Kier molecular flexibility index (Phi) is 12.2. The van der Waals surface area contributed by atoms with E-state index in [1.165, 1.54) is 34.5 Å². The first-order valence-electron chi connectivity index (χ1n) is 15.0. The minimum atomic E-state index is -0.535. The molecule has 3 heterocycles. The number of amides is 5. The van der Waals surface area contributed by atoms with Crippen LogP contribution in [-0.2, 0) is 20.8 Å². The minimum Gasteiger partial charge on any atom is -0.356 e. The van der Waals surface area contributed by atoms with E-state index in [0.717, 1.165) is 5.56 Å². The van der Waals surface area contributed by atoms with E-state index in [0.29, 0.717) is 35.8 Å². The number of nitrogens with one attached hydrogen (secondary N) is 4. The van der Waals surface area contributed by atoms with Crippen molar-refractivity contribution < 1.29 is 24.0 Å². The Morgan fingerprint density at radius 2 is 1.69 bits per heavy atom. The second-order valence-electron chi connectivity index (χ2n) is 11.2. The number of carbonyl (C=O) groups is 5. The predicted molar refractivity (Wildman–Crippen MR) is 172 cm³/mol. The molecule has 0 saturated heterocycles. The quantitative estimate of drug-likeness (QED) is 0.285. The van der Waals surface area contributed by atoms with E-state index in [9.17, 15) is 24.0 Å². The summed E-state index contributed by atoms with van der Waals surface area (Å²) in [5.74, 6) is -1.52. The molecule has 45 heavy (non-hydrogen) atoms. The van der Waals surface area contributed by atoms with Gasteiger partial charge in [-0.1, -0.05) is 44.2 Å². The molecule has 0 fully saturated rings. The van der Waals surface area contributed by atoms with E-state index in [1.54, 1.807) is 10.8 Å². The molecular formula is C31H39N7O5S2. The Morgan fingerprint density at radius 1 is 1.00 bits per heavy atom. The molecule has 3 aromatic rings. The molecule has 1 aliphatic heterocycles. The molecule has 2 atom stereocenters. The number of nitrogens with zero attached hydrogens (tertiary/aromatic N) is 3. The summed E-state index contributed by atoms with van der Waals surface area (Å²) in [4.78, 5) is 74.6. The standard InChI is InChI=1S/C31H39N7O5S2/c1-19(2)27-31-36-23(17-45-31)28(42)33-13-8-14-38(26(41)11-7-12-32-20(3)39)16-25(40)34-22(15-21-9-5-4-6-10-21)30-35-24(18-44-30)29(43)37-27/h4-6,9-10,17-19,22,27H,7-8,11-16H2,1-3H3,(H,32,39)(H,33,42)(H,34,40)(H,37,43)/t22-,27-/m0/s1. The normalized spacial score (nSPS) is 18.2. The maximum atomic E-state index is 13.4. The first-order valence-corrected chi connectivity index (χ1v) is 16.7. The zero-order chi connectivity index (χ0) is 32.3. The topological polar surface area (TPSA) is 162 Å². The Balaban J connectivity index is 1.61. The van der Waals surface area contributed by atoms with E-state index in [-0.39, 0.29) is 72.9 Å². The second-order valence-corrected chi connectivity index (χ2v) is 12.9. The Labute approximate surface area is 270 Å². The molecule has 12 nitrogen and oxygen atoms in total. The van der Waals surface area contributed by atoms with E-state index in [1.807, 2.05) is 44.2 Å². The number of fused-ring (bicyclic) bond motifs is 4. The highest BCUT2D eigenvalue weighted by molar-refractivity contribution is 7.10. The van der Waals surface area contributed by atoms with Gasteiger partial charge in [-0.2, -0.15) is 0 Å². The molecule has 4 N–H and O–H groups in total. The Morgan fingerprint density at radius 3 is 2.40 bits per heavy atom. The molecule has 1 aromatic carbocycles. The number of hydrogen-bond donors (Lipinski definition) is 4. The Bertz CT molecular complexity index is 1490. The zero-order valence-electron chi connectivity index (χ0n) is 25.6. The van der Waals surface area contributed by atoms with Gasteiger partial charge in [-0.3, -0.25) is 24.0 Å². The lowest BCUT2D eigenvalue weighted by Crippen LogP contribution is -2.43. The first-order chi connectivity index (χ1) is 21.6. The van der Waals surface area contributed by atoms with E-state index in [4.69, 9.17) is 0 Å². The molecule has 1 aliphatic rings. The first kappa shape index (κ1) is 33.7. The van der Waals surface area contributed by atoms with Crippen molar-refractivity contribution in [3.8, 4) is 0 Å². The van der Waals surface area contributed by atoms with Gasteiger partial charge in [-0.15, -0.1) is 22.7 Å². The third-order valence-electron chi connectivity index (χ3n) is 7.16. The van der Waals surface area contributed by atoms with Crippen molar-refractivity contribution in [3.63, 3.8) is 0 Å². The lowest BCUT2D eigenvalue weighted by Gasteiger charge is -2.24. The summed E-state index contributed by atoms with van der Waals surface area (Å²) in [6, 6.07) is 8.69. The average molecular weight is 654 g/mol. The third kappa shape index (κ3) is 9.91. The van der Waals surface area contributed by atoms with Crippen molar-refractivity contribution in [2.75, 3.05) is 26.2 Å². The number of hydrogen-bond acceptors (Lipinski definition) is 9. The molecule has 0 aliphatic carbocycles. The summed E-state index contributed by atoms with van der Waals surface area (Å²) in [5.41, 5.74) is 1.44. The van der Waals surface area contributed by atoms with Gasteiger partial charge < -0.3 is 26.2 Å². The number of aromatic nitrogens is 2. The van der Waals surface area contributed by atoms with Gasteiger partial charge in [-0.25, -0.2) is 9.97 Å². The van der Waals surface area contributed by atoms with Crippen LogP contribution in [0.1, 0.15) is 88.7 Å². The van der Waals surface area contributed by atoms with Gasteiger partial charge in [0.15, 0.2) is 0 Å². The summed E-state index contributed by atoms with van der Waals surface area (Å²) < 4.78 is 0. The van der Waals surface area contributed by atoms with Crippen molar-refractivity contribution in [2.24, 2.45) is 5.92 Å². The summed E-state index contributed by atoms with van der Waals surface area (Å²) in [5, 5.41) is 16.1. The van der Waals surface area contributed by atoms with E-state index >= 15 is 0 Å². The molecule has 14 heteroatoms. The average Bonchev–Trinajstić information content (AvgIpc) is 3.70. The van der Waals surface area contributed by atoms with Crippen molar-refractivity contribution in [3.05, 3.63) is 68.1 Å². The van der Waals surface area contributed by atoms with Crippen molar-refractivity contribution in [1.82, 2.24) is 36.1 Å². The molecule has 0 radical (unpaired) electrons. The van der Waals surface area contributed by atoms with Gasteiger partial charge >= 0.3 is 0 Å². The van der Waals surface area contributed by atoms with Crippen LogP contribution in [0.5, 0.6) is 0 Å². The number of rotatable bonds is 7. The lowest BCUT2D eigenvalue weighted by atomic mass is 10.0. The fourth-order valence-electron chi connectivity index (χ4n) is 4.80. The number of thiazole rings is 2. The van der Waals surface area contributed by atoms with Gasteiger partial charge in [-0.05, 0) is 30.7 Å². The zero-order valence-corrected chi connectivity index (χ0v) is 27.3. The molecule has 0 unspecified atom stereocenters. The largest absolute Gasteiger partial charge is 0.356 e. The summed E-state index contributed by atoms with van der Waals surface area (Å²) in [6.45, 7) is 6.01. The minimum absolute atomic E-state index is 0.00453. The van der Waals surface area contributed by atoms with Crippen LogP contribution in [0, 0.1) is 5.92 Å². The van der Waals surface area contributed by atoms with Crippen LogP contribution in [0.3, 0.4) is 0 Å². The highest BCUT2D eigenvalue weighted by Gasteiger charge is 2.27. The number of benzene rings is 1. The maximum absolute atomic E-state index is 13.4. The van der Waals surface area contributed by atoms with E-state index in [2.05, 4.69) is 31.2 Å². The SMILES string of the molecule is CC(=O)NCCCC(=O)N1CCCNC(=O)c2csc(n2)[C@H](C(C)C)NC(=O)c2csc(n2)[C@H](Cc2ccccc2)NC(=O)C1. The van der Waals surface area contributed by atoms with E-state index < -0.39 is 12.1 Å². The maximum Gasteiger partial charge on any atom is 0.271 e. The monoisotopic (exact) mass is 653 g/mol. The highest BCUT2D eigenvalue weighted by atomic mass is 32.1.